The number of fused-ring (bicyclic) bond motifs is 1. The van der Waals surface area contributed by atoms with Crippen molar-refractivity contribution >= 4 is 34.0 Å². The summed E-state index contributed by atoms with van der Waals surface area (Å²) in [5, 5.41) is 0. The highest BCUT2D eigenvalue weighted by Gasteiger charge is 2.32. The Labute approximate surface area is 172 Å². The standard InChI is InChI=1S/C20H25N3O3S.ClH/c1-14(19(21)16-7-5-4-6-8-16)20(24)23-12-11-15-9-10-17(13-18(15)23)27(25,26)22(2)3;/h4-10,13-14,19H,11-12,21H2,1-3H3;1H. The molecule has 1 amide bonds. The molecule has 0 fully saturated rings. The van der Waals surface area contributed by atoms with Crippen molar-refractivity contribution in [3.63, 3.8) is 0 Å². The monoisotopic (exact) mass is 423 g/mol. The number of anilines is 1. The first kappa shape index (κ1) is 22.4. The molecule has 0 bridgehead atoms. The first-order valence-electron chi connectivity index (χ1n) is 8.91. The number of hydrogen-bond donors (Lipinski definition) is 1. The Morgan fingerprint density at radius 3 is 2.39 bits per heavy atom. The number of nitrogens with zero attached hydrogens (tertiary/aromatic N) is 2. The van der Waals surface area contributed by atoms with Crippen LogP contribution in [-0.2, 0) is 21.2 Å². The van der Waals surface area contributed by atoms with E-state index in [9.17, 15) is 13.2 Å². The Balaban J connectivity index is 0.00000280. The van der Waals surface area contributed by atoms with Gasteiger partial charge in [-0.15, -0.1) is 12.4 Å². The molecule has 0 spiro atoms. The second-order valence-electron chi connectivity index (χ2n) is 7.04. The van der Waals surface area contributed by atoms with Crippen molar-refractivity contribution in [1.29, 1.82) is 0 Å². The fourth-order valence-corrected chi connectivity index (χ4v) is 4.24. The van der Waals surface area contributed by atoms with E-state index in [1.165, 1.54) is 18.4 Å². The average Bonchev–Trinajstić information content (AvgIpc) is 3.10. The third kappa shape index (κ3) is 4.07. The van der Waals surface area contributed by atoms with E-state index >= 15 is 0 Å². The number of carbonyl (C=O) groups excluding carboxylic acids is 1. The van der Waals surface area contributed by atoms with Crippen LogP contribution in [-0.4, -0.2) is 39.3 Å². The minimum absolute atomic E-state index is 0. The predicted octanol–water partition coefficient (Wildman–Crippen LogP) is 2.58. The van der Waals surface area contributed by atoms with E-state index in [1.54, 1.807) is 23.1 Å². The number of nitrogens with two attached hydrogens (primary N) is 1. The molecule has 1 aliphatic heterocycles. The normalized spacial score (nSPS) is 15.7. The maximum Gasteiger partial charge on any atom is 0.242 e. The van der Waals surface area contributed by atoms with Crippen LogP contribution < -0.4 is 10.6 Å². The van der Waals surface area contributed by atoms with Gasteiger partial charge in [-0.1, -0.05) is 43.3 Å². The molecule has 2 atom stereocenters. The summed E-state index contributed by atoms with van der Waals surface area (Å²) in [4.78, 5) is 15.0. The van der Waals surface area contributed by atoms with Gasteiger partial charge < -0.3 is 10.6 Å². The Kier molecular flexibility index (Phi) is 6.88. The molecule has 1 aliphatic rings. The Bertz CT molecular complexity index is 948. The van der Waals surface area contributed by atoms with E-state index in [-0.39, 0.29) is 23.2 Å². The van der Waals surface area contributed by atoms with E-state index in [4.69, 9.17) is 5.73 Å². The Morgan fingerprint density at radius 1 is 1.14 bits per heavy atom. The van der Waals surface area contributed by atoms with Gasteiger partial charge in [-0.25, -0.2) is 12.7 Å². The molecule has 2 unspecified atom stereocenters. The van der Waals surface area contributed by atoms with Crippen molar-refractivity contribution in [2.75, 3.05) is 25.5 Å². The third-order valence-electron chi connectivity index (χ3n) is 5.11. The van der Waals surface area contributed by atoms with Gasteiger partial charge in [0.25, 0.3) is 0 Å². The number of carbonyl (C=O) groups is 1. The fourth-order valence-electron chi connectivity index (χ4n) is 3.32. The molecule has 8 heteroatoms. The summed E-state index contributed by atoms with van der Waals surface area (Å²) in [6, 6.07) is 14.1. The smallest absolute Gasteiger partial charge is 0.242 e. The molecule has 0 saturated heterocycles. The van der Waals surface area contributed by atoms with Crippen LogP contribution in [0.5, 0.6) is 0 Å². The molecule has 152 valence electrons. The van der Waals surface area contributed by atoms with Crippen molar-refractivity contribution in [3.8, 4) is 0 Å². The van der Waals surface area contributed by atoms with Gasteiger partial charge in [0.2, 0.25) is 15.9 Å². The number of rotatable bonds is 5. The first-order chi connectivity index (χ1) is 12.7. The zero-order chi connectivity index (χ0) is 19.8. The Hall–Kier alpha value is -1.93. The first-order valence-corrected chi connectivity index (χ1v) is 10.3. The quantitative estimate of drug-likeness (QED) is 0.801. The average molecular weight is 424 g/mol. The van der Waals surface area contributed by atoms with E-state index in [1.807, 2.05) is 37.3 Å². The van der Waals surface area contributed by atoms with Crippen LogP contribution in [0.2, 0.25) is 0 Å². The maximum absolute atomic E-state index is 13.1. The molecule has 0 saturated carbocycles. The molecule has 2 aromatic rings. The number of hydrogen-bond acceptors (Lipinski definition) is 4. The highest BCUT2D eigenvalue weighted by Crippen LogP contribution is 2.33. The molecule has 0 aromatic heterocycles. The molecule has 6 nitrogen and oxygen atoms in total. The lowest BCUT2D eigenvalue weighted by Gasteiger charge is -2.26. The summed E-state index contributed by atoms with van der Waals surface area (Å²) in [6.07, 6.45) is 0.705. The van der Waals surface area contributed by atoms with Crippen LogP contribution in [0.4, 0.5) is 5.69 Å². The molecule has 28 heavy (non-hydrogen) atoms. The molecule has 0 aliphatic carbocycles. The topological polar surface area (TPSA) is 83.7 Å². The van der Waals surface area contributed by atoms with Crippen LogP contribution >= 0.6 is 12.4 Å². The second kappa shape index (κ2) is 8.61. The molecule has 2 aromatic carbocycles. The van der Waals surface area contributed by atoms with Crippen molar-refractivity contribution in [3.05, 3.63) is 59.7 Å². The Morgan fingerprint density at radius 2 is 1.79 bits per heavy atom. The van der Waals surface area contributed by atoms with Gasteiger partial charge in [-0.3, -0.25) is 4.79 Å². The largest absolute Gasteiger partial charge is 0.323 e. The highest BCUT2D eigenvalue weighted by molar-refractivity contribution is 7.89. The summed E-state index contributed by atoms with van der Waals surface area (Å²) < 4.78 is 26.0. The minimum atomic E-state index is -3.56. The summed E-state index contributed by atoms with van der Waals surface area (Å²) >= 11 is 0. The zero-order valence-electron chi connectivity index (χ0n) is 16.2. The minimum Gasteiger partial charge on any atom is -0.323 e. The van der Waals surface area contributed by atoms with Crippen LogP contribution in [0.1, 0.15) is 24.1 Å². The van der Waals surface area contributed by atoms with Gasteiger partial charge in [-0.2, -0.15) is 0 Å². The maximum atomic E-state index is 13.1. The van der Waals surface area contributed by atoms with Gasteiger partial charge in [-0.05, 0) is 29.7 Å². The van der Waals surface area contributed by atoms with Crippen molar-refractivity contribution in [1.82, 2.24) is 4.31 Å². The van der Waals surface area contributed by atoms with Crippen molar-refractivity contribution in [2.45, 2.75) is 24.3 Å². The molecular weight excluding hydrogens is 398 g/mol. The van der Waals surface area contributed by atoms with Crippen molar-refractivity contribution in [2.24, 2.45) is 11.7 Å². The summed E-state index contributed by atoms with van der Waals surface area (Å²) in [5.41, 5.74) is 8.86. The molecule has 1 heterocycles. The predicted molar refractivity (Wildman–Crippen MR) is 113 cm³/mol. The highest BCUT2D eigenvalue weighted by atomic mass is 35.5. The van der Waals surface area contributed by atoms with Gasteiger partial charge in [0, 0.05) is 32.4 Å². The fraction of sp³-hybridized carbons (Fsp3) is 0.350. The number of halogens is 1. The van der Waals surface area contributed by atoms with Crippen LogP contribution in [0, 0.1) is 5.92 Å². The molecule has 0 radical (unpaired) electrons. The second-order valence-corrected chi connectivity index (χ2v) is 9.19. The lowest BCUT2D eigenvalue weighted by Crippen LogP contribution is -2.38. The third-order valence-corrected chi connectivity index (χ3v) is 6.92. The van der Waals surface area contributed by atoms with E-state index < -0.39 is 22.0 Å². The summed E-state index contributed by atoms with van der Waals surface area (Å²) in [6.45, 7) is 2.35. The van der Waals surface area contributed by atoms with Crippen molar-refractivity contribution < 1.29 is 13.2 Å². The van der Waals surface area contributed by atoms with E-state index in [0.717, 1.165) is 11.1 Å². The van der Waals surface area contributed by atoms with Crippen LogP contribution in [0.25, 0.3) is 0 Å². The van der Waals surface area contributed by atoms with Gasteiger partial charge in [0.1, 0.15) is 0 Å². The number of amides is 1. The number of sulfonamides is 1. The van der Waals surface area contributed by atoms with Crippen LogP contribution in [0.15, 0.2) is 53.4 Å². The molecule has 3 rings (SSSR count). The van der Waals surface area contributed by atoms with Gasteiger partial charge in [0.05, 0.1) is 10.8 Å². The zero-order valence-corrected chi connectivity index (χ0v) is 17.8. The lowest BCUT2D eigenvalue weighted by molar-refractivity contribution is -0.122. The number of benzene rings is 2. The summed E-state index contributed by atoms with van der Waals surface area (Å²) in [5.74, 6) is -0.517. The van der Waals surface area contributed by atoms with E-state index in [0.29, 0.717) is 18.7 Å². The molecule has 2 N–H and O–H groups in total. The van der Waals surface area contributed by atoms with E-state index in [2.05, 4.69) is 0 Å². The lowest BCUT2D eigenvalue weighted by atomic mass is 9.94. The SMILES string of the molecule is CC(C(=O)N1CCc2ccc(S(=O)(=O)N(C)C)cc21)C(N)c1ccccc1.Cl. The van der Waals surface area contributed by atoms with Gasteiger partial charge >= 0.3 is 0 Å². The molecular formula is C20H26ClN3O3S. The van der Waals surface area contributed by atoms with Gasteiger partial charge in [0.15, 0.2) is 0 Å². The van der Waals surface area contributed by atoms with Crippen LogP contribution in [0.3, 0.4) is 0 Å². The summed E-state index contributed by atoms with van der Waals surface area (Å²) in [7, 11) is -0.571.